The number of hydrogen-bond donors (Lipinski definition) is 1. The molecule has 2 aromatic carbocycles. The van der Waals surface area contributed by atoms with Gasteiger partial charge < -0.3 is 10.2 Å². The van der Waals surface area contributed by atoms with Crippen molar-refractivity contribution < 1.29 is 18.0 Å². The van der Waals surface area contributed by atoms with E-state index in [0.29, 0.717) is 12.1 Å². The lowest BCUT2D eigenvalue weighted by Gasteiger charge is -2.38. The topological polar surface area (TPSA) is 33.6 Å². The molecule has 10 heteroatoms. The third kappa shape index (κ3) is 4.34. The molecule has 2 aliphatic rings. The Morgan fingerprint density at radius 2 is 1.78 bits per heavy atom. The van der Waals surface area contributed by atoms with E-state index in [1.165, 1.54) is 0 Å². The fourth-order valence-electron chi connectivity index (χ4n) is 3.74. The minimum atomic E-state index is -4.76. The predicted molar refractivity (Wildman–Crippen MR) is 125 cm³/mol. The van der Waals surface area contributed by atoms with Gasteiger partial charge in [-0.15, -0.1) is 0 Å². The Morgan fingerprint density at radius 1 is 1.12 bits per heavy atom. The van der Waals surface area contributed by atoms with Gasteiger partial charge in [0.15, 0.2) is 0 Å². The molecule has 1 unspecified atom stereocenters. The lowest BCUT2D eigenvalue weighted by Crippen LogP contribution is -2.52. The second-order valence-corrected chi connectivity index (χ2v) is 10.6. The van der Waals surface area contributed by atoms with Crippen LogP contribution in [0.3, 0.4) is 0 Å². The highest BCUT2D eigenvalue weighted by molar-refractivity contribution is 8.00. The first-order valence-electron chi connectivity index (χ1n) is 9.84. The summed E-state index contributed by atoms with van der Waals surface area (Å²) in [6, 6.07) is 7.78. The Balaban J connectivity index is 1.59. The summed E-state index contributed by atoms with van der Waals surface area (Å²) < 4.78 is 42.7. The standard InChI is InChI=1S/C22H20Cl3F3N2OS/c1-12-5-13(3-4-14(12)9-29-20(2)10-32-11-20)18-8-21(31-30-18,22(26,27)28)15-6-16(23)19(25)17(24)7-15/h3-7,29H,8-11H2,1-2H3. The van der Waals surface area contributed by atoms with E-state index in [9.17, 15) is 13.2 Å². The lowest BCUT2D eigenvalue weighted by molar-refractivity contribution is -0.275. The zero-order valence-electron chi connectivity index (χ0n) is 17.2. The Morgan fingerprint density at radius 3 is 2.31 bits per heavy atom. The fourth-order valence-corrected chi connectivity index (χ4v) is 5.36. The number of thioether (sulfide) groups is 1. The van der Waals surface area contributed by atoms with Gasteiger partial charge in [-0.2, -0.15) is 24.9 Å². The average molecular weight is 524 g/mol. The highest BCUT2D eigenvalue weighted by atomic mass is 35.5. The predicted octanol–water partition coefficient (Wildman–Crippen LogP) is 7.13. The molecule has 0 aromatic heterocycles. The van der Waals surface area contributed by atoms with Gasteiger partial charge in [-0.25, -0.2) is 0 Å². The molecule has 1 saturated heterocycles. The molecule has 32 heavy (non-hydrogen) atoms. The normalized spacial score (nSPS) is 22.3. The van der Waals surface area contributed by atoms with Crippen LogP contribution in [0.15, 0.2) is 35.5 Å². The maximum absolute atomic E-state index is 14.2. The minimum absolute atomic E-state index is 0.0114. The number of oxime groups is 1. The summed E-state index contributed by atoms with van der Waals surface area (Å²) in [5.41, 5.74) is 0.0352. The first-order chi connectivity index (χ1) is 14.9. The van der Waals surface area contributed by atoms with Crippen LogP contribution in [0.2, 0.25) is 15.1 Å². The summed E-state index contributed by atoms with van der Waals surface area (Å²) in [6.07, 6.45) is -5.26. The molecule has 172 valence electrons. The molecule has 0 aliphatic carbocycles. The first-order valence-corrected chi connectivity index (χ1v) is 12.1. The summed E-state index contributed by atoms with van der Waals surface area (Å²) in [5, 5.41) is 7.20. The Labute approximate surface area is 203 Å². The van der Waals surface area contributed by atoms with E-state index in [1.54, 1.807) is 6.07 Å². The number of rotatable bonds is 5. The number of nitrogens with zero attached hydrogens (tertiary/aromatic N) is 1. The SMILES string of the molecule is Cc1cc(C2=NOC(c3cc(Cl)c(Cl)c(Cl)c3)(C(F)(F)F)C2)ccc1CNC1(C)CSC1. The van der Waals surface area contributed by atoms with Gasteiger partial charge in [0.25, 0.3) is 5.60 Å². The van der Waals surface area contributed by atoms with E-state index in [2.05, 4.69) is 17.4 Å². The van der Waals surface area contributed by atoms with Gasteiger partial charge in [0, 0.05) is 35.6 Å². The minimum Gasteiger partial charge on any atom is -0.374 e. The molecule has 4 rings (SSSR count). The van der Waals surface area contributed by atoms with Gasteiger partial charge >= 0.3 is 6.18 Å². The maximum Gasteiger partial charge on any atom is 0.435 e. The molecule has 0 amide bonds. The second-order valence-electron chi connectivity index (χ2n) is 8.43. The molecule has 1 atom stereocenters. The molecule has 2 aliphatic heterocycles. The number of hydrogen-bond acceptors (Lipinski definition) is 4. The van der Waals surface area contributed by atoms with E-state index in [-0.39, 0.29) is 31.9 Å². The van der Waals surface area contributed by atoms with Crippen LogP contribution in [0.5, 0.6) is 0 Å². The van der Waals surface area contributed by atoms with Crippen molar-refractivity contribution in [3.63, 3.8) is 0 Å². The molecule has 0 radical (unpaired) electrons. The molecule has 0 saturated carbocycles. The van der Waals surface area contributed by atoms with E-state index in [4.69, 9.17) is 39.6 Å². The summed E-state index contributed by atoms with van der Waals surface area (Å²) in [5.74, 6) is 2.13. The van der Waals surface area contributed by atoms with Crippen molar-refractivity contribution in [3.05, 3.63) is 67.7 Å². The van der Waals surface area contributed by atoms with Crippen LogP contribution < -0.4 is 5.32 Å². The van der Waals surface area contributed by atoms with Crippen LogP contribution in [-0.2, 0) is 17.0 Å². The zero-order valence-corrected chi connectivity index (χ0v) is 20.3. The van der Waals surface area contributed by atoms with Crippen LogP contribution >= 0.6 is 46.6 Å². The third-order valence-electron chi connectivity index (χ3n) is 5.86. The van der Waals surface area contributed by atoms with E-state index in [1.807, 2.05) is 30.8 Å². The third-order valence-corrected chi connectivity index (χ3v) is 8.74. The van der Waals surface area contributed by atoms with E-state index < -0.39 is 18.2 Å². The Hall–Kier alpha value is -1.12. The van der Waals surface area contributed by atoms with Crippen molar-refractivity contribution in [1.29, 1.82) is 0 Å². The van der Waals surface area contributed by atoms with Crippen molar-refractivity contribution in [3.8, 4) is 0 Å². The van der Waals surface area contributed by atoms with Crippen molar-refractivity contribution in [2.75, 3.05) is 11.5 Å². The van der Waals surface area contributed by atoms with Crippen LogP contribution in [0.1, 0.15) is 35.6 Å². The zero-order chi connectivity index (χ0) is 23.3. The largest absolute Gasteiger partial charge is 0.435 e. The molecule has 2 heterocycles. The van der Waals surface area contributed by atoms with Crippen LogP contribution in [0.25, 0.3) is 0 Å². The van der Waals surface area contributed by atoms with Crippen molar-refractivity contribution in [1.82, 2.24) is 5.32 Å². The Kier molecular flexibility index (Phi) is 6.44. The molecule has 1 fully saturated rings. The van der Waals surface area contributed by atoms with Crippen LogP contribution in [0, 0.1) is 6.92 Å². The quantitative estimate of drug-likeness (QED) is 0.423. The maximum atomic E-state index is 14.2. The monoisotopic (exact) mass is 522 g/mol. The smallest absolute Gasteiger partial charge is 0.374 e. The Bertz CT molecular complexity index is 1070. The summed E-state index contributed by atoms with van der Waals surface area (Å²) >= 11 is 19.8. The van der Waals surface area contributed by atoms with Gasteiger partial charge in [0.05, 0.1) is 20.8 Å². The fraction of sp³-hybridized carbons (Fsp3) is 0.409. The molecule has 0 bridgehead atoms. The average Bonchev–Trinajstić information content (AvgIpc) is 3.16. The number of benzene rings is 2. The molecule has 3 nitrogen and oxygen atoms in total. The highest BCUT2D eigenvalue weighted by Crippen LogP contribution is 2.50. The van der Waals surface area contributed by atoms with Crippen molar-refractivity contribution in [2.45, 2.75) is 44.1 Å². The molecule has 2 aromatic rings. The van der Waals surface area contributed by atoms with Gasteiger partial charge in [-0.05, 0) is 48.7 Å². The summed E-state index contributed by atoms with van der Waals surface area (Å²) in [6.45, 7) is 4.81. The molecular formula is C22H20Cl3F3N2OS. The van der Waals surface area contributed by atoms with Gasteiger partial charge in [0.1, 0.15) is 0 Å². The molecule has 0 spiro atoms. The van der Waals surface area contributed by atoms with Gasteiger partial charge in [-0.1, -0.05) is 52.1 Å². The van der Waals surface area contributed by atoms with Crippen LogP contribution in [-0.4, -0.2) is 28.9 Å². The number of halogens is 6. The number of alkyl halides is 3. The number of aryl methyl sites for hydroxylation is 1. The van der Waals surface area contributed by atoms with Gasteiger partial charge in [-0.3, -0.25) is 0 Å². The summed E-state index contributed by atoms with van der Waals surface area (Å²) in [7, 11) is 0. The van der Waals surface area contributed by atoms with Gasteiger partial charge in [0.2, 0.25) is 0 Å². The van der Waals surface area contributed by atoms with E-state index >= 15 is 0 Å². The molecule has 1 N–H and O–H groups in total. The number of nitrogens with one attached hydrogen (secondary N) is 1. The van der Waals surface area contributed by atoms with Crippen LogP contribution in [0.4, 0.5) is 13.2 Å². The second kappa shape index (κ2) is 8.58. The first kappa shape index (κ1) is 24.0. The van der Waals surface area contributed by atoms with Crippen molar-refractivity contribution >= 4 is 52.3 Å². The lowest BCUT2D eigenvalue weighted by atomic mass is 9.86. The summed E-state index contributed by atoms with van der Waals surface area (Å²) in [4.78, 5) is 5.08. The molecular weight excluding hydrogens is 504 g/mol. The van der Waals surface area contributed by atoms with E-state index in [0.717, 1.165) is 34.8 Å². The highest BCUT2D eigenvalue weighted by Gasteiger charge is 2.62. The van der Waals surface area contributed by atoms with Crippen molar-refractivity contribution in [2.24, 2.45) is 5.16 Å².